The molecule has 0 atom stereocenters. The average Bonchev–Trinajstić information content (AvgIpc) is 2.43. The van der Waals surface area contributed by atoms with E-state index in [1.807, 2.05) is 6.92 Å². The van der Waals surface area contributed by atoms with Crippen LogP contribution in [0.3, 0.4) is 0 Å². The summed E-state index contributed by atoms with van der Waals surface area (Å²) in [4.78, 5) is 22.8. The molecule has 5 nitrogen and oxygen atoms in total. The second kappa shape index (κ2) is 7.88. The lowest BCUT2D eigenvalue weighted by molar-refractivity contribution is -0.137. The van der Waals surface area contributed by atoms with E-state index in [0.29, 0.717) is 6.54 Å². The topological polar surface area (TPSA) is 70.2 Å². The Bertz CT molecular complexity index is 550. The number of halogens is 4. The molecule has 9 heteroatoms. The molecule has 0 heterocycles. The van der Waals surface area contributed by atoms with Crippen LogP contribution in [0.1, 0.15) is 18.9 Å². The van der Waals surface area contributed by atoms with Crippen molar-refractivity contribution in [3.05, 3.63) is 28.8 Å². The molecule has 0 bridgehead atoms. The number of anilines is 1. The molecular formula is C13H15ClF3N3O2. The molecule has 0 unspecified atom stereocenters. The molecule has 0 saturated carbocycles. The molecule has 122 valence electrons. The third kappa shape index (κ3) is 5.80. The maximum absolute atomic E-state index is 12.7. The number of carbonyl (C=O) groups is 2. The van der Waals surface area contributed by atoms with Crippen molar-refractivity contribution >= 4 is 29.2 Å². The van der Waals surface area contributed by atoms with Gasteiger partial charge >= 0.3 is 12.2 Å². The lowest BCUT2D eigenvalue weighted by Gasteiger charge is -2.12. The molecule has 0 fully saturated rings. The fourth-order valence-corrected chi connectivity index (χ4v) is 1.71. The highest BCUT2D eigenvalue weighted by atomic mass is 35.5. The Kier molecular flexibility index (Phi) is 6.48. The molecule has 3 amide bonds. The van der Waals surface area contributed by atoms with Crippen LogP contribution in [0, 0.1) is 0 Å². The van der Waals surface area contributed by atoms with Crippen LogP contribution in [0.2, 0.25) is 5.02 Å². The van der Waals surface area contributed by atoms with Gasteiger partial charge in [-0.15, -0.1) is 0 Å². The van der Waals surface area contributed by atoms with Gasteiger partial charge in [-0.1, -0.05) is 18.5 Å². The van der Waals surface area contributed by atoms with E-state index in [0.717, 1.165) is 18.6 Å². The van der Waals surface area contributed by atoms with Crippen LogP contribution in [0.4, 0.5) is 23.7 Å². The summed E-state index contributed by atoms with van der Waals surface area (Å²) in [6.07, 6.45) is -3.87. The molecular weight excluding hydrogens is 323 g/mol. The number of nitrogens with one attached hydrogen (secondary N) is 3. The number of urea groups is 1. The molecule has 0 aliphatic heterocycles. The average molecular weight is 338 g/mol. The Labute approximate surface area is 130 Å². The maximum atomic E-state index is 12.7. The largest absolute Gasteiger partial charge is 0.417 e. The minimum Gasteiger partial charge on any atom is -0.355 e. The SMILES string of the molecule is CCCNC(=O)CNC(=O)Nc1ccc(Cl)c(C(F)(F)F)c1. The van der Waals surface area contributed by atoms with Gasteiger partial charge in [0.25, 0.3) is 0 Å². The van der Waals surface area contributed by atoms with Crippen molar-refractivity contribution in [1.29, 1.82) is 0 Å². The first-order valence-electron chi connectivity index (χ1n) is 6.42. The summed E-state index contributed by atoms with van der Waals surface area (Å²) < 4.78 is 38.0. The molecule has 0 aliphatic rings. The van der Waals surface area contributed by atoms with E-state index < -0.39 is 22.8 Å². The standard InChI is InChI=1S/C13H15ClF3N3O2/c1-2-5-18-11(21)7-19-12(22)20-8-3-4-10(14)9(6-8)13(15,16)17/h3-4,6H,2,5,7H2,1H3,(H,18,21)(H2,19,20,22). The second-order valence-electron chi connectivity index (χ2n) is 4.35. The Balaban J connectivity index is 2.60. The van der Waals surface area contributed by atoms with Gasteiger partial charge in [-0.05, 0) is 24.6 Å². The number of carbonyl (C=O) groups excluding carboxylic acids is 2. The van der Waals surface area contributed by atoms with Crippen LogP contribution in [0.5, 0.6) is 0 Å². The fraction of sp³-hybridized carbons (Fsp3) is 0.385. The summed E-state index contributed by atoms with van der Waals surface area (Å²) in [5.74, 6) is -0.385. The highest BCUT2D eigenvalue weighted by Gasteiger charge is 2.33. The Morgan fingerprint density at radius 3 is 2.50 bits per heavy atom. The Morgan fingerprint density at radius 2 is 1.91 bits per heavy atom. The van der Waals surface area contributed by atoms with Crippen molar-refractivity contribution in [3.63, 3.8) is 0 Å². The first-order chi connectivity index (χ1) is 10.2. The van der Waals surface area contributed by atoms with Crippen LogP contribution >= 0.6 is 11.6 Å². The smallest absolute Gasteiger partial charge is 0.355 e. The lowest BCUT2D eigenvalue weighted by Crippen LogP contribution is -2.39. The van der Waals surface area contributed by atoms with Gasteiger partial charge in [0, 0.05) is 12.2 Å². The first-order valence-corrected chi connectivity index (χ1v) is 6.80. The third-order valence-corrected chi connectivity index (χ3v) is 2.84. The summed E-state index contributed by atoms with van der Waals surface area (Å²) in [6.45, 7) is 2.08. The molecule has 3 N–H and O–H groups in total. The monoisotopic (exact) mass is 337 g/mol. The van der Waals surface area contributed by atoms with Crippen LogP contribution in [0.15, 0.2) is 18.2 Å². The van der Waals surface area contributed by atoms with Crippen molar-refractivity contribution in [2.75, 3.05) is 18.4 Å². The summed E-state index contributed by atoms with van der Waals surface area (Å²) in [6, 6.07) is 2.20. The highest BCUT2D eigenvalue weighted by Crippen LogP contribution is 2.36. The van der Waals surface area contributed by atoms with Crippen LogP contribution < -0.4 is 16.0 Å². The highest BCUT2D eigenvalue weighted by molar-refractivity contribution is 6.31. The predicted octanol–water partition coefficient (Wildman–Crippen LogP) is 3.01. The summed E-state index contributed by atoms with van der Waals surface area (Å²) >= 11 is 5.47. The number of rotatable bonds is 5. The quantitative estimate of drug-likeness (QED) is 0.773. The van der Waals surface area contributed by atoms with Gasteiger partial charge in [-0.25, -0.2) is 4.79 Å². The summed E-state index contributed by atoms with van der Waals surface area (Å²) in [5.41, 5.74) is -1.13. The Morgan fingerprint density at radius 1 is 1.23 bits per heavy atom. The molecule has 1 aromatic rings. The molecule has 22 heavy (non-hydrogen) atoms. The van der Waals surface area contributed by atoms with E-state index in [1.165, 1.54) is 6.07 Å². The molecule has 0 radical (unpaired) electrons. The van der Waals surface area contributed by atoms with Gasteiger partial charge in [0.15, 0.2) is 0 Å². The molecule has 1 aromatic carbocycles. The maximum Gasteiger partial charge on any atom is 0.417 e. The lowest BCUT2D eigenvalue weighted by atomic mass is 10.2. The number of hydrogen-bond acceptors (Lipinski definition) is 2. The van der Waals surface area contributed by atoms with Crippen LogP contribution in [0.25, 0.3) is 0 Å². The number of hydrogen-bond donors (Lipinski definition) is 3. The predicted molar refractivity (Wildman–Crippen MR) is 76.8 cm³/mol. The van der Waals surface area contributed by atoms with Gasteiger partial charge in [0.2, 0.25) is 5.91 Å². The first kappa shape index (κ1) is 18.1. The van der Waals surface area contributed by atoms with Gasteiger partial charge in [0.1, 0.15) is 0 Å². The Hall–Kier alpha value is -1.96. The molecule has 0 spiro atoms. The minimum atomic E-state index is -4.62. The van der Waals surface area contributed by atoms with Gasteiger partial charge in [0.05, 0.1) is 17.1 Å². The van der Waals surface area contributed by atoms with Gasteiger partial charge in [-0.2, -0.15) is 13.2 Å². The normalized spacial score (nSPS) is 11.0. The molecule has 0 aliphatic carbocycles. The summed E-state index contributed by atoms with van der Waals surface area (Å²) in [5, 5.41) is 6.52. The number of amides is 3. The van der Waals surface area contributed by atoms with E-state index in [4.69, 9.17) is 11.6 Å². The van der Waals surface area contributed by atoms with Crippen molar-refractivity contribution in [2.45, 2.75) is 19.5 Å². The zero-order chi connectivity index (χ0) is 16.8. The second-order valence-corrected chi connectivity index (χ2v) is 4.76. The number of alkyl halides is 3. The minimum absolute atomic E-state index is 0.0804. The van der Waals surface area contributed by atoms with Crippen LogP contribution in [-0.4, -0.2) is 25.0 Å². The molecule has 1 rings (SSSR count). The zero-order valence-electron chi connectivity index (χ0n) is 11.7. The van der Waals surface area contributed by atoms with E-state index in [-0.39, 0.29) is 18.1 Å². The fourth-order valence-electron chi connectivity index (χ4n) is 1.48. The van der Waals surface area contributed by atoms with Crippen molar-refractivity contribution < 1.29 is 22.8 Å². The van der Waals surface area contributed by atoms with Crippen LogP contribution in [-0.2, 0) is 11.0 Å². The van der Waals surface area contributed by atoms with E-state index in [2.05, 4.69) is 16.0 Å². The number of benzene rings is 1. The van der Waals surface area contributed by atoms with E-state index >= 15 is 0 Å². The van der Waals surface area contributed by atoms with E-state index in [1.54, 1.807) is 0 Å². The van der Waals surface area contributed by atoms with Gasteiger partial charge < -0.3 is 16.0 Å². The van der Waals surface area contributed by atoms with Crippen molar-refractivity contribution in [2.24, 2.45) is 0 Å². The van der Waals surface area contributed by atoms with Crippen molar-refractivity contribution in [3.8, 4) is 0 Å². The van der Waals surface area contributed by atoms with E-state index in [9.17, 15) is 22.8 Å². The van der Waals surface area contributed by atoms with Crippen molar-refractivity contribution in [1.82, 2.24) is 10.6 Å². The zero-order valence-corrected chi connectivity index (χ0v) is 12.4. The molecule has 0 aromatic heterocycles. The molecule has 0 saturated heterocycles. The summed E-state index contributed by atoms with van der Waals surface area (Å²) in [7, 11) is 0. The third-order valence-electron chi connectivity index (χ3n) is 2.51. The van der Waals surface area contributed by atoms with Gasteiger partial charge in [-0.3, -0.25) is 4.79 Å².